The van der Waals surface area contributed by atoms with Gasteiger partial charge in [0, 0.05) is 18.3 Å². The number of nitrogens with zero attached hydrogens (tertiary/aromatic N) is 1. The van der Waals surface area contributed by atoms with E-state index in [-0.39, 0.29) is 23.5 Å². The number of amides is 2. The summed E-state index contributed by atoms with van der Waals surface area (Å²) >= 11 is 0. The van der Waals surface area contributed by atoms with Gasteiger partial charge in [0.1, 0.15) is 5.41 Å². The van der Waals surface area contributed by atoms with E-state index < -0.39 is 21.2 Å². The van der Waals surface area contributed by atoms with Crippen molar-refractivity contribution in [2.75, 3.05) is 23.4 Å². The number of aryl methyl sites for hydroxylation is 1. The first-order valence-corrected chi connectivity index (χ1v) is 10.7. The molecule has 1 aliphatic rings. The van der Waals surface area contributed by atoms with Crippen molar-refractivity contribution in [2.45, 2.75) is 47.1 Å². The number of carbonyl (C=O) groups is 2. The van der Waals surface area contributed by atoms with Crippen LogP contribution >= 0.6 is 0 Å². The minimum atomic E-state index is -3.10. The molecule has 144 valence electrons. The Bertz CT molecular complexity index is 815. The summed E-state index contributed by atoms with van der Waals surface area (Å²) in [6, 6.07) is 5.27. The van der Waals surface area contributed by atoms with E-state index in [9.17, 15) is 18.0 Å². The van der Waals surface area contributed by atoms with E-state index in [2.05, 4.69) is 5.32 Å². The highest BCUT2D eigenvalue weighted by Crippen LogP contribution is 2.27. The summed E-state index contributed by atoms with van der Waals surface area (Å²) in [6.45, 7) is 9.23. The van der Waals surface area contributed by atoms with Crippen LogP contribution in [0.2, 0.25) is 0 Å². The molecule has 1 atom stereocenters. The Morgan fingerprint density at radius 1 is 1.27 bits per heavy atom. The van der Waals surface area contributed by atoms with Gasteiger partial charge in [0.2, 0.25) is 11.8 Å². The van der Waals surface area contributed by atoms with E-state index in [1.54, 1.807) is 13.8 Å². The fourth-order valence-electron chi connectivity index (χ4n) is 3.21. The lowest BCUT2D eigenvalue weighted by molar-refractivity contribution is -0.147. The Hall–Kier alpha value is -1.89. The summed E-state index contributed by atoms with van der Waals surface area (Å²) in [4.78, 5) is 27.4. The van der Waals surface area contributed by atoms with E-state index >= 15 is 0 Å². The lowest BCUT2D eigenvalue weighted by atomic mass is 9.89. The van der Waals surface area contributed by atoms with Crippen LogP contribution in [0.4, 0.5) is 5.69 Å². The third kappa shape index (κ3) is 4.09. The third-order valence-electron chi connectivity index (χ3n) is 5.21. The molecule has 1 heterocycles. The van der Waals surface area contributed by atoms with Crippen LogP contribution in [-0.4, -0.2) is 49.2 Å². The molecule has 1 N–H and O–H groups in total. The molecule has 0 bridgehead atoms. The second-order valence-corrected chi connectivity index (χ2v) is 9.70. The molecule has 2 rings (SSSR count). The van der Waals surface area contributed by atoms with Gasteiger partial charge >= 0.3 is 0 Å². The van der Waals surface area contributed by atoms with Crippen molar-refractivity contribution in [3.8, 4) is 0 Å². The van der Waals surface area contributed by atoms with Crippen molar-refractivity contribution in [3.63, 3.8) is 0 Å². The van der Waals surface area contributed by atoms with Gasteiger partial charge in [-0.3, -0.25) is 9.59 Å². The number of hydrogen-bond donors (Lipinski definition) is 1. The van der Waals surface area contributed by atoms with Crippen LogP contribution in [0.1, 0.15) is 38.3 Å². The SMILES string of the molecule is CCN(C(=O)C(C)(C)C(=O)Nc1cccc(C)c1C)C1CCS(=O)(=O)C1. The van der Waals surface area contributed by atoms with Crippen LogP contribution in [0.5, 0.6) is 0 Å². The van der Waals surface area contributed by atoms with E-state index in [4.69, 9.17) is 0 Å². The number of rotatable bonds is 5. The van der Waals surface area contributed by atoms with Gasteiger partial charge in [-0.25, -0.2) is 8.42 Å². The highest BCUT2D eigenvalue weighted by atomic mass is 32.2. The molecule has 26 heavy (non-hydrogen) atoms. The molecular weight excluding hydrogens is 352 g/mol. The van der Waals surface area contributed by atoms with E-state index in [0.717, 1.165) is 11.1 Å². The largest absolute Gasteiger partial charge is 0.338 e. The smallest absolute Gasteiger partial charge is 0.239 e. The van der Waals surface area contributed by atoms with Crippen molar-refractivity contribution in [3.05, 3.63) is 29.3 Å². The van der Waals surface area contributed by atoms with Gasteiger partial charge in [0.15, 0.2) is 9.84 Å². The van der Waals surface area contributed by atoms with E-state index in [1.807, 2.05) is 39.0 Å². The number of nitrogens with one attached hydrogen (secondary N) is 1. The molecular formula is C19H28N2O4S. The number of anilines is 1. The molecule has 1 fully saturated rings. The molecule has 0 radical (unpaired) electrons. The van der Waals surface area contributed by atoms with Gasteiger partial charge in [0.05, 0.1) is 11.5 Å². The molecule has 0 aromatic heterocycles. The standard InChI is InChI=1S/C19H28N2O4S/c1-6-21(15-10-11-26(24,25)12-15)18(23)19(4,5)17(22)20-16-9-7-8-13(2)14(16)3/h7-9,15H,6,10-12H2,1-5H3,(H,20,22). The van der Waals surface area contributed by atoms with Gasteiger partial charge < -0.3 is 10.2 Å². The molecule has 1 aromatic rings. The average Bonchev–Trinajstić information content (AvgIpc) is 2.92. The summed E-state index contributed by atoms with van der Waals surface area (Å²) in [5, 5.41) is 2.85. The first-order chi connectivity index (χ1) is 12.0. The van der Waals surface area contributed by atoms with E-state index in [0.29, 0.717) is 18.7 Å². The Balaban J connectivity index is 2.19. The Labute approximate surface area is 155 Å². The molecule has 1 saturated heterocycles. The van der Waals surface area contributed by atoms with Crippen LogP contribution in [0, 0.1) is 19.3 Å². The Morgan fingerprint density at radius 3 is 2.46 bits per heavy atom. The molecule has 0 aliphatic carbocycles. The minimum absolute atomic E-state index is 0.0265. The van der Waals surface area contributed by atoms with E-state index in [1.165, 1.54) is 4.90 Å². The zero-order valence-corrected chi connectivity index (χ0v) is 16.9. The molecule has 6 nitrogen and oxygen atoms in total. The van der Waals surface area contributed by atoms with Gasteiger partial charge in [0.25, 0.3) is 0 Å². The fraction of sp³-hybridized carbons (Fsp3) is 0.579. The lowest BCUT2D eigenvalue weighted by Gasteiger charge is -2.34. The van der Waals surface area contributed by atoms with Gasteiger partial charge in [-0.15, -0.1) is 0 Å². The molecule has 7 heteroatoms. The van der Waals surface area contributed by atoms with Crippen LogP contribution in [-0.2, 0) is 19.4 Å². The molecule has 1 aromatic carbocycles. The molecule has 2 amide bonds. The average molecular weight is 381 g/mol. The topological polar surface area (TPSA) is 83.6 Å². The number of sulfone groups is 1. The van der Waals surface area contributed by atoms with Crippen molar-refractivity contribution in [2.24, 2.45) is 5.41 Å². The third-order valence-corrected chi connectivity index (χ3v) is 6.96. The molecule has 0 saturated carbocycles. The minimum Gasteiger partial charge on any atom is -0.338 e. The summed E-state index contributed by atoms with van der Waals surface area (Å²) in [5.74, 6) is -0.668. The van der Waals surface area contributed by atoms with Crippen LogP contribution in [0.3, 0.4) is 0 Å². The normalized spacial score (nSPS) is 19.2. The fourth-order valence-corrected chi connectivity index (χ4v) is 4.94. The van der Waals surface area contributed by atoms with Crippen molar-refractivity contribution in [1.29, 1.82) is 0 Å². The predicted molar refractivity (Wildman–Crippen MR) is 103 cm³/mol. The number of benzene rings is 1. The summed E-state index contributed by atoms with van der Waals surface area (Å²) in [6.07, 6.45) is 0.427. The Kier molecular flexibility index (Phi) is 5.80. The molecule has 0 spiro atoms. The van der Waals surface area contributed by atoms with Crippen molar-refractivity contribution in [1.82, 2.24) is 4.90 Å². The number of hydrogen-bond acceptors (Lipinski definition) is 4. The molecule has 1 unspecified atom stereocenters. The highest BCUT2D eigenvalue weighted by molar-refractivity contribution is 7.91. The highest BCUT2D eigenvalue weighted by Gasteiger charge is 2.43. The second-order valence-electron chi connectivity index (χ2n) is 7.47. The number of carbonyl (C=O) groups excluding carboxylic acids is 2. The van der Waals surface area contributed by atoms with Crippen molar-refractivity contribution < 1.29 is 18.0 Å². The monoisotopic (exact) mass is 380 g/mol. The maximum absolute atomic E-state index is 13.0. The zero-order valence-electron chi connectivity index (χ0n) is 16.1. The maximum Gasteiger partial charge on any atom is 0.239 e. The van der Waals surface area contributed by atoms with Crippen LogP contribution < -0.4 is 5.32 Å². The van der Waals surface area contributed by atoms with Crippen molar-refractivity contribution >= 4 is 27.3 Å². The summed E-state index contributed by atoms with van der Waals surface area (Å²) in [5.41, 5.74) is 1.40. The first-order valence-electron chi connectivity index (χ1n) is 8.88. The van der Waals surface area contributed by atoms with Gasteiger partial charge in [-0.1, -0.05) is 12.1 Å². The van der Waals surface area contributed by atoms with Gasteiger partial charge in [-0.2, -0.15) is 0 Å². The second kappa shape index (κ2) is 7.39. The quantitative estimate of drug-likeness (QED) is 0.795. The maximum atomic E-state index is 13.0. The van der Waals surface area contributed by atoms with Gasteiger partial charge in [-0.05, 0) is 58.2 Å². The summed E-state index contributed by atoms with van der Waals surface area (Å²) in [7, 11) is -3.10. The van der Waals surface area contributed by atoms with Crippen LogP contribution in [0.15, 0.2) is 18.2 Å². The predicted octanol–water partition coefficient (Wildman–Crippen LogP) is 2.30. The lowest BCUT2D eigenvalue weighted by Crippen LogP contribution is -2.51. The summed E-state index contributed by atoms with van der Waals surface area (Å²) < 4.78 is 23.5. The van der Waals surface area contributed by atoms with Crippen LogP contribution in [0.25, 0.3) is 0 Å². The first kappa shape index (κ1) is 20.4. The molecule has 1 aliphatic heterocycles. The zero-order chi connectivity index (χ0) is 19.7. The Morgan fingerprint density at radius 2 is 1.92 bits per heavy atom.